The number of carboxylic acids is 1. The van der Waals surface area contributed by atoms with E-state index in [0.717, 1.165) is 5.56 Å². The second-order valence-electron chi connectivity index (χ2n) is 4.27. The molecule has 94 valence electrons. The lowest BCUT2D eigenvalue weighted by Gasteiger charge is -2.26. The van der Waals surface area contributed by atoms with Gasteiger partial charge in [-0.25, -0.2) is 0 Å². The fourth-order valence-electron chi connectivity index (χ4n) is 1.80. The van der Waals surface area contributed by atoms with Crippen molar-refractivity contribution in [3.8, 4) is 5.75 Å². The van der Waals surface area contributed by atoms with Crippen molar-refractivity contribution in [2.24, 2.45) is 0 Å². The van der Waals surface area contributed by atoms with Gasteiger partial charge < -0.3 is 14.6 Å². The zero-order valence-electron chi connectivity index (χ0n) is 10.6. The van der Waals surface area contributed by atoms with E-state index in [4.69, 9.17) is 9.47 Å². The summed E-state index contributed by atoms with van der Waals surface area (Å²) >= 11 is 0. The summed E-state index contributed by atoms with van der Waals surface area (Å²) in [6, 6.07) is 5.49. The first-order valence-corrected chi connectivity index (χ1v) is 5.33. The molecule has 0 aliphatic rings. The predicted octanol–water partition coefficient (Wildman–Crippen LogP) is 1.99. The molecule has 4 nitrogen and oxygen atoms in total. The number of rotatable bonds is 5. The van der Waals surface area contributed by atoms with E-state index in [0.29, 0.717) is 11.3 Å². The van der Waals surface area contributed by atoms with E-state index < -0.39 is 11.4 Å². The Kier molecular flexibility index (Phi) is 4.12. The molecule has 0 fully saturated rings. The smallest absolute Gasteiger partial charge is 0.316 e. The summed E-state index contributed by atoms with van der Waals surface area (Å²) in [5, 5.41) is 9.39. The number of carboxylic acid groups (broad SMARTS) is 1. The Hall–Kier alpha value is -1.55. The second kappa shape index (κ2) is 5.19. The van der Waals surface area contributed by atoms with Crippen molar-refractivity contribution in [1.29, 1.82) is 0 Å². The number of hydrogen-bond acceptors (Lipinski definition) is 3. The summed E-state index contributed by atoms with van der Waals surface area (Å²) in [7, 11) is 3.02. The monoisotopic (exact) mass is 238 g/mol. The standard InChI is InChI=1S/C13H18O4/c1-9-5-6-11(17-4)10(7-9)13(2,8-16-3)12(14)15/h5-7H,8H2,1-4H3,(H,14,15). The van der Waals surface area contributed by atoms with Crippen molar-refractivity contribution < 1.29 is 19.4 Å². The van der Waals surface area contributed by atoms with Crippen LogP contribution in [0.1, 0.15) is 18.1 Å². The maximum atomic E-state index is 11.5. The van der Waals surface area contributed by atoms with E-state index in [2.05, 4.69) is 0 Å². The van der Waals surface area contributed by atoms with Gasteiger partial charge in [0, 0.05) is 12.7 Å². The van der Waals surface area contributed by atoms with E-state index >= 15 is 0 Å². The van der Waals surface area contributed by atoms with E-state index in [-0.39, 0.29) is 6.61 Å². The predicted molar refractivity (Wildman–Crippen MR) is 64.6 cm³/mol. The average molecular weight is 238 g/mol. The van der Waals surface area contributed by atoms with Crippen LogP contribution in [0.15, 0.2) is 18.2 Å². The van der Waals surface area contributed by atoms with Gasteiger partial charge in [0.25, 0.3) is 0 Å². The summed E-state index contributed by atoms with van der Waals surface area (Å²) in [5.74, 6) is -0.360. The van der Waals surface area contributed by atoms with Gasteiger partial charge in [-0.1, -0.05) is 17.7 Å². The highest BCUT2D eigenvalue weighted by molar-refractivity contribution is 5.82. The van der Waals surface area contributed by atoms with Crippen LogP contribution in [-0.2, 0) is 14.9 Å². The number of aryl methyl sites for hydroxylation is 1. The van der Waals surface area contributed by atoms with Crippen LogP contribution in [0.25, 0.3) is 0 Å². The summed E-state index contributed by atoms with van der Waals surface area (Å²) in [5.41, 5.74) is 0.519. The molecule has 17 heavy (non-hydrogen) atoms. The number of benzene rings is 1. The van der Waals surface area contributed by atoms with Crippen molar-refractivity contribution in [1.82, 2.24) is 0 Å². The third-order valence-corrected chi connectivity index (χ3v) is 2.85. The molecule has 0 amide bonds. The minimum absolute atomic E-state index is 0.0994. The quantitative estimate of drug-likeness (QED) is 0.852. The fourth-order valence-corrected chi connectivity index (χ4v) is 1.80. The van der Waals surface area contributed by atoms with Crippen LogP contribution in [0.5, 0.6) is 5.75 Å². The van der Waals surface area contributed by atoms with Crippen molar-refractivity contribution >= 4 is 5.97 Å². The number of carbonyl (C=O) groups is 1. The maximum absolute atomic E-state index is 11.5. The zero-order chi connectivity index (χ0) is 13.1. The number of ether oxygens (including phenoxy) is 2. The normalized spacial score (nSPS) is 14.1. The van der Waals surface area contributed by atoms with E-state index in [1.54, 1.807) is 13.0 Å². The van der Waals surface area contributed by atoms with Gasteiger partial charge in [0.15, 0.2) is 0 Å². The Morgan fingerprint density at radius 2 is 2.06 bits per heavy atom. The minimum Gasteiger partial charge on any atom is -0.496 e. The van der Waals surface area contributed by atoms with E-state index in [1.807, 2.05) is 19.1 Å². The molecular formula is C13H18O4. The minimum atomic E-state index is -1.11. The largest absolute Gasteiger partial charge is 0.496 e. The van der Waals surface area contributed by atoms with Crippen molar-refractivity contribution in [3.05, 3.63) is 29.3 Å². The molecule has 0 saturated heterocycles. The van der Waals surface area contributed by atoms with Crippen LogP contribution >= 0.6 is 0 Å². The summed E-state index contributed by atoms with van der Waals surface area (Å²) < 4.78 is 10.2. The van der Waals surface area contributed by atoms with Gasteiger partial charge in [0.1, 0.15) is 11.2 Å². The lowest BCUT2D eigenvalue weighted by Crippen LogP contribution is -2.37. The molecule has 1 rings (SSSR count). The van der Waals surface area contributed by atoms with Crippen molar-refractivity contribution in [2.75, 3.05) is 20.8 Å². The summed E-state index contributed by atoms with van der Waals surface area (Å²) in [6.45, 7) is 3.65. The van der Waals surface area contributed by atoms with Gasteiger partial charge in [-0.15, -0.1) is 0 Å². The van der Waals surface area contributed by atoms with E-state index in [9.17, 15) is 9.90 Å². The van der Waals surface area contributed by atoms with Gasteiger partial charge in [0.2, 0.25) is 0 Å². The highest BCUT2D eigenvalue weighted by atomic mass is 16.5. The number of hydrogen-bond donors (Lipinski definition) is 1. The Morgan fingerprint density at radius 1 is 1.41 bits per heavy atom. The lowest BCUT2D eigenvalue weighted by molar-refractivity contribution is -0.145. The first kappa shape index (κ1) is 13.5. The molecule has 1 unspecified atom stereocenters. The molecule has 0 radical (unpaired) electrons. The second-order valence-corrected chi connectivity index (χ2v) is 4.27. The molecule has 1 N–H and O–H groups in total. The summed E-state index contributed by atoms with van der Waals surface area (Å²) in [6.07, 6.45) is 0. The molecule has 0 aliphatic carbocycles. The van der Waals surface area contributed by atoms with Crippen LogP contribution in [0, 0.1) is 6.92 Å². The van der Waals surface area contributed by atoms with Crippen LogP contribution < -0.4 is 4.74 Å². The first-order chi connectivity index (χ1) is 7.95. The molecule has 0 aromatic heterocycles. The fraction of sp³-hybridized carbons (Fsp3) is 0.462. The third-order valence-electron chi connectivity index (χ3n) is 2.85. The maximum Gasteiger partial charge on any atom is 0.316 e. The SMILES string of the molecule is COCC(C)(C(=O)O)c1cc(C)ccc1OC. The Bertz CT molecular complexity index is 414. The molecule has 0 saturated carbocycles. The number of methoxy groups -OCH3 is 2. The molecule has 1 aromatic rings. The molecule has 0 heterocycles. The Balaban J connectivity index is 3.36. The number of aliphatic carboxylic acids is 1. The molecular weight excluding hydrogens is 220 g/mol. The highest BCUT2D eigenvalue weighted by Crippen LogP contribution is 2.33. The van der Waals surface area contributed by atoms with Gasteiger partial charge >= 0.3 is 5.97 Å². The van der Waals surface area contributed by atoms with Gasteiger partial charge in [-0.2, -0.15) is 0 Å². The third kappa shape index (κ3) is 2.58. The van der Waals surface area contributed by atoms with E-state index in [1.165, 1.54) is 14.2 Å². The van der Waals surface area contributed by atoms with Crippen molar-refractivity contribution in [3.63, 3.8) is 0 Å². The van der Waals surface area contributed by atoms with Crippen LogP contribution in [-0.4, -0.2) is 31.9 Å². The molecule has 1 aromatic carbocycles. The molecule has 0 spiro atoms. The first-order valence-electron chi connectivity index (χ1n) is 5.33. The highest BCUT2D eigenvalue weighted by Gasteiger charge is 2.38. The zero-order valence-corrected chi connectivity index (χ0v) is 10.6. The molecule has 0 bridgehead atoms. The van der Waals surface area contributed by atoms with Gasteiger partial charge in [-0.3, -0.25) is 4.79 Å². The van der Waals surface area contributed by atoms with Crippen LogP contribution in [0.2, 0.25) is 0 Å². The van der Waals surface area contributed by atoms with Crippen LogP contribution in [0.3, 0.4) is 0 Å². The average Bonchev–Trinajstić information content (AvgIpc) is 2.29. The molecule has 0 aliphatic heterocycles. The van der Waals surface area contributed by atoms with Crippen molar-refractivity contribution in [2.45, 2.75) is 19.3 Å². The molecule has 1 atom stereocenters. The summed E-state index contributed by atoms with van der Waals surface area (Å²) in [4.78, 5) is 11.5. The lowest BCUT2D eigenvalue weighted by atomic mass is 9.82. The Labute approximate surface area is 101 Å². The Morgan fingerprint density at radius 3 is 2.53 bits per heavy atom. The van der Waals surface area contributed by atoms with Crippen LogP contribution in [0.4, 0.5) is 0 Å². The van der Waals surface area contributed by atoms with Gasteiger partial charge in [-0.05, 0) is 19.9 Å². The molecule has 4 heteroatoms. The van der Waals surface area contributed by atoms with Gasteiger partial charge in [0.05, 0.1) is 13.7 Å². The topological polar surface area (TPSA) is 55.8 Å².